The number of halogens is 1. The zero-order valence-corrected chi connectivity index (χ0v) is 9.64. The summed E-state index contributed by atoms with van der Waals surface area (Å²) in [6.07, 6.45) is 2.44. The minimum Gasteiger partial charge on any atom is -0.350 e. The number of carbonyl (C=O) groups is 1. The van der Waals surface area contributed by atoms with Crippen molar-refractivity contribution in [2.45, 2.75) is 19.8 Å². The highest BCUT2D eigenvalue weighted by Crippen LogP contribution is 2.27. The Kier molecular flexibility index (Phi) is 2.69. The lowest BCUT2D eigenvalue weighted by Gasteiger charge is -2.00. The van der Waals surface area contributed by atoms with Crippen LogP contribution >= 0.6 is 11.6 Å². The molecule has 0 aromatic carbocycles. The molecule has 1 saturated carbocycles. The number of hydrogen-bond acceptors (Lipinski definition) is 2. The first kappa shape index (κ1) is 10.5. The zero-order valence-electron chi connectivity index (χ0n) is 8.88. The standard InChI is InChI=1S/C10H14ClN3O/c1-6-8(11)9(13-14(6)2)10(15)12-5-7-3-4-7/h7H,3-5H2,1-2H3,(H,12,15). The molecule has 0 unspecified atom stereocenters. The van der Waals surface area contributed by atoms with E-state index < -0.39 is 0 Å². The molecule has 5 heteroatoms. The molecule has 1 aliphatic rings. The Labute approximate surface area is 93.6 Å². The molecule has 0 aliphatic heterocycles. The lowest BCUT2D eigenvalue weighted by atomic mass is 10.3. The first-order valence-electron chi connectivity index (χ1n) is 5.07. The van der Waals surface area contributed by atoms with Crippen molar-refractivity contribution in [3.63, 3.8) is 0 Å². The molecule has 1 fully saturated rings. The molecule has 0 spiro atoms. The molecule has 0 radical (unpaired) electrons. The predicted octanol–water partition coefficient (Wildman–Crippen LogP) is 1.52. The van der Waals surface area contributed by atoms with E-state index in [0.29, 0.717) is 16.6 Å². The van der Waals surface area contributed by atoms with E-state index in [9.17, 15) is 4.79 Å². The van der Waals surface area contributed by atoms with Gasteiger partial charge in [0.1, 0.15) is 0 Å². The second-order valence-electron chi connectivity index (χ2n) is 4.03. The fourth-order valence-electron chi connectivity index (χ4n) is 1.37. The van der Waals surface area contributed by atoms with Gasteiger partial charge in [0.2, 0.25) is 0 Å². The first-order chi connectivity index (χ1) is 7.09. The average molecular weight is 228 g/mol. The van der Waals surface area contributed by atoms with Crippen molar-refractivity contribution in [2.75, 3.05) is 6.54 Å². The second kappa shape index (κ2) is 3.85. The van der Waals surface area contributed by atoms with E-state index in [1.807, 2.05) is 6.92 Å². The zero-order chi connectivity index (χ0) is 11.0. The van der Waals surface area contributed by atoms with Crippen LogP contribution in [0.25, 0.3) is 0 Å². The molecule has 0 bridgehead atoms. The van der Waals surface area contributed by atoms with Gasteiger partial charge in [-0.15, -0.1) is 0 Å². The topological polar surface area (TPSA) is 46.9 Å². The summed E-state index contributed by atoms with van der Waals surface area (Å²) in [5, 5.41) is 7.37. The fraction of sp³-hybridized carbons (Fsp3) is 0.600. The summed E-state index contributed by atoms with van der Waals surface area (Å²) < 4.78 is 1.62. The van der Waals surface area contributed by atoms with Crippen molar-refractivity contribution in [3.05, 3.63) is 16.4 Å². The van der Waals surface area contributed by atoms with E-state index in [4.69, 9.17) is 11.6 Å². The Morgan fingerprint density at radius 3 is 2.80 bits per heavy atom. The molecule has 1 aromatic rings. The van der Waals surface area contributed by atoms with Crippen LogP contribution in [0.5, 0.6) is 0 Å². The number of hydrogen-bond donors (Lipinski definition) is 1. The number of nitrogens with one attached hydrogen (secondary N) is 1. The average Bonchev–Trinajstić information content (AvgIpc) is 2.99. The number of rotatable bonds is 3. The molecular formula is C10H14ClN3O. The number of amides is 1. The highest BCUT2D eigenvalue weighted by atomic mass is 35.5. The normalized spacial score (nSPS) is 15.4. The van der Waals surface area contributed by atoms with Crippen molar-refractivity contribution in [2.24, 2.45) is 13.0 Å². The number of carbonyl (C=O) groups excluding carboxylic acids is 1. The molecule has 0 saturated heterocycles. The van der Waals surface area contributed by atoms with Gasteiger partial charge in [-0.2, -0.15) is 5.10 Å². The maximum Gasteiger partial charge on any atom is 0.273 e. The van der Waals surface area contributed by atoms with Crippen molar-refractivity contribution in [1.29, 1.82) is 0 Å². The van der Waals surface area contributed by atoms with E-state index in [-0.39, 0.29) is 5.91 Å². The second-order valence-corrected chi connectivity index (χ2v) is 4.40. The quantitative estimate of drug-likeness (QED) is 0.851. The third-order valence-electron chi connectivity index (χ3n) is 2.72. The Balaban J connectivity index is 2.06. The summed E-state index contributed by atoms with van der Waals surface area (Å²) in [6.45, 7) is 2.58. The minimum atomic E-state index is -0.171. The van der Waals surface area contributed by atoms with Crippen LogP contribution in [0.15, 0.2) is 0 Å². The van der Waals surface area contributed by atoms with Gasteiger partial charge in [0, 0.05) is 13.6 Å². The highest BCUT2D eigenvalue weighted by Gasteiger charge is 2.24. The van der Waals surface area contributed by atoms with Gasteiger partial charge in [-0.05, 0) is 25.7 Å². The van der Waals surface area contributed by atoms with Gasteiger partial charge in [-0.25, -0.2) is 0 Å². The van der Waals surface area contributed by atoms with Crippen LogP contribution in [0, 0.1) is 12.8 Å². The molecule has 0 atom stereocenters. The molecule has 1 N–H and O–H groups in total. The molecule has 1 amide bonds. The Morgan fingerprint density at radius 1 is 1.67 bits per heavy atom. The van der Waals surface area contributed by atoms with E-state index in [1.165, 1.54) is 12.8 Å². The summed E-state index contributed by atoms with van der Waals surface area (Å²) in [5.74, 6) is 0.494. The minimum absolute atomic E-state index is 0.171. The summed E-state index contributed by atoms with van der Waals surface area (Å²) in [5.41, 5.74) is 1.14. The SMILES string of the molecule is Cc1c(Cl)c(C(=O)NCC2CC2)nn1C. The lowest BCUT2D eigenvalue weighted by Crippen LogP contribution is -2.26. The van der Waals surface area contributed by atoms with Gasteiger partial charge >= 0.3 is 0 Å². The van der Waals surface area contributed by atoms with Crippen LogP contribution in [-0.4, -0.2) is 22.2 Å². The van der Waals surface area contributed by atoms with Crippen LogP contribution in [0.2, 0.25) is 5.02 Å². The molecule has 2 rings (SSSR count). The van der Waals surface area contributed by atoms with E-state index >= 15 is 0 Å². The lowest BCUT2D eigenvalue weighted by molar-refractivity contribution is 0.0946. The van der Waals surface area contributed by atoms with Crippen molar-refractivity contribution in [1.82, 2.24) is 15.1 Å². The van der Waals surface area contributed by atoms with Crippen LogP contribution in [-0.2, 0) is 7.05 Å². The smallest absolute Gasteiger partial charge is 0.273 e. The van der Waals surface area contributed by atoms with Gasteiger partial charge in [0.25, 0.3) is 5.91 Å². The van der Waals surface area contributed by atoms with E-state index in [0.717, 1.165) is 12.2 Å². The molecular weight excluding hydrogens is 214 g/mol. The Bertz CT molecular complexity index is 396. The summed E-state index contributed by atoms with van der Waals surface area (Å²) in [4.78, 5) is 11.7. The highest BCUT2D eigenvalue weighted by molar-refractivity contribution is 6.34. The number of aryl methyl sites for hydroxylation is 1. The monoisotopic (exact) mass is 227 g/mol. The predicted molar refractivity (Wildman–Crippen MR) is 58.0 cm³/mol. The largest absolute Gasteiger partial charge is 0.350 e. The van der Waals surface area contributed by atoms with Crippen LogP contribution in [0.3, 0.4) is 0 Å². The fourth-order valence-corrected chi connectivity index (χ4v) is 1.62. The third kappa shape index (κ3) is 2.15. The number of nitrogens with zero attached hydrogens (tertiary/aromatic N) is 2. The molecule has 15 heavy (non-hydrogen) atoms. The van der Waals surface area contributed by atoms with Gasteiger partial charge in [0.05, 0.1) is 10.7 Å². The maximum absolute atomic E-state index is 11.7. The molecule has 1 aliphatic carbocycles. The molecule has 4 nitrogen and oxygen atoms in total. The Morgan fingerprint density at radius 2 is 2.33 bits per heavy atom. The van der Waals surface area contributed by atoms with E-state index in [2.05, 4.69) is 10.4 Å². The van der Waals surface area contributed by atoms with Crippen LogP contribution in [0.4, 0.5) is 0 Å². The molecule has 1 heterocycles. The molecule has 1 aromatic heterocycles. The van der Waals surface area contributed by atoms with Crippen molar-refractivity contribution < 1.29 is 4.79 Å². The van der Waals surface area contributed by atoms with Gasteiger partial charge in [-0.3, -0.25) is 9.48 Å². The first-order valence-corrected chi connectivity index (χ1v) is 5.44. The Hall–Kier alpha value is -1.03. The summed E-state index contributed by atoms with van der Waals surface area (Å²) in [6, 6.07) is 0. The molecule has 82 valence electrons. The number of aromatic nitrogens is 2. The van der Waals surface area contributed by atoms with Gasteiger partial charge in [-0.1, -0.05) is 11.6 Å². The van der Waals surface area contributed by atoms with Gasteiger partial charge < -0.3 is 5.32 Å². The van der Waals surface area contributed by atoms with Crippen LogP contribution < -0.4 is 5.32 Å². The van der Waals surface area contributed by atoms with Gasteiger partial charge in [0.15, 0.2) is 5.69 Å². The van der Waals surface area contributed by atoms with E-state index in [1.54, 1.807) is 11.7 Å². The summed E-state index contributed by atoms with van der Waals surface area (Å²) >= 11 is 6.00. The van der Waals surface area contributed by atoms with Crippen molar-refractivity contribution in [3.8, 4) is 0 Å². The third-order valence-corrected chi connectivity index (χ3v) is 3.18. The van der Waals surface area contributed by atoms with Crippen molar-refractivity contribution >= 4 is 17.5 Å². The maximum atomic E-state index is 11.7. The van der Waals surface area contributed by atoms with Crippen LogP contribution in [0.1, 0.15) is 29.0 Å². The summed E-state index contributed by atoms with van der Waals surface area (Å²) in [7, 11) is 1.78.